The molecular formula is C13H19ClN4OS. The average Bonchev–Trinajstić information content (AvgIpc) is 3.10. The van der Waals surface area contributed by atoms with Crippen LogP contribution < -0.4 is 5.73 Å². The minimum absolute atomic E-state index is 0. The molecule has 2 N–H and O–H groups in total. The van der Waals surface area contributed by atoms with E-state index in [0.29, 0.717) is 18.5 Å². The third-order valence-corrected chi connectivity index (χ3v) is 4.58. The van der Waals surface area contributed by atoms with Crippen LogP contribution in [-0.2, 0) is 13.1 Å². The number of nitrogens with two attached hydrogens (primary N) is 1. The van der Waals surface area contributed by atoms with Gasteiger partial charge in [-0.15, -0.1) is 23.7 Å². The Labute approximate surface area is 128 Å². The summed E-state index contributed by atoms with van der Waals surface area (Å²) < 4.78 is 5.06. The molecule has 5 nitrogen and oxygen atoms in total. The molecule has 0 saturated carbocycles. The first-order valence-corrected chi connectivity index (χ1v) is 7.40. The Kier molecular flexibility index (Phi) is 5.15. The maximum Gasteiger partial charge on any atom is 0.240 e. The van der Waals surface area contributed by atoms with Crippen molar-refractivity contribution in [3.63, 3.8) is 0 Å². The van der Waals surface area contributed by atoms with E-state index < -0.39 is 0 Å². The fourth-order valence-corrected chi connectivity index (χ4v) is 3.64. The smallest absolute Gasteiger partial charge is 0.240 e. The number of nitrogens with zero attached hydrogens (tertiary/aromatic N) is 3. The van der Waals surface area contributed by atoms with E-state index in [9.17, 15) is 0 Å². The Morgan fingerprint density at radius 1 is 1.50 bits per heavy atom. The molecule has 1 unspecified atom stereocenters. The molecule has 2 aromatic rings. The van der Waals surface area contributed by atoms with Crippen molar-refractivity contribution in [2.75, 3.05) is 6.54 Å². The average molecular weight is 315 g/mol. The zero-order chi connectivity index (χ0) is 13.2. The van der Waals surface area contributed by atoms with Gasteiger partial charge < -0.3 is 10.3 Å². The molecule has 0 radical (unpaired) electrons. The van der Waals surface area contributed by atoms with E-state index in [-0.39, 0.29) is 12.4 Å². The molecule has 0 aliphatic carbocycles. The van der Waals surface area contributed by atoms with Crippen LogP contribution in [0.25, 0.3) is 0 Å². The van der Waals surface area contributed by atoms with Crippen molar-refractivity contribution in [2.24, 2.45) is 5.73 Å². The molecule has 0 bridgehead atoms. The van der Waals surface area contributed by atoms with Crippen molar-refractivity contribution in [1.82, 2.24) is 15.0 Å². The molecule has 0 aromatic carbocycles. The molecule has 1 aliphatic rings. The maximum absolute atomic E-state index is 5.48. The molecule has 1 atom stereocenters. The molecule has 3 heterocycles. The molecule has 3 rings (SSSR count). The lowest BCUT2D eigenvalue weighted by molar-refractivity contribution is 0.241. The number of hydrogen-bond donors (Lipinski definition) is 1. The van der Waals surface area contributed by atoms with Gasteiger partial charge in [-0.1, -0.05) is 5.16 Å². The van der Waals surface area contributed by atoms with E-state index in [1.54, 1.807) is 0 Å². The first kappa shape index (κ1) is 15.4. The zero-order valence-corrected chi connectivity index (χ0v) is 13.0. The lowest BCUT2D eigenvalue weighted by Gasteiger charge is -2.21. The minimum Gasteiger partial charge on any atom is -0.338 e. The first-order valence-electron chi connectivity index (χ1n) is 6.58. The van der Waals surface area contributed by atoms with Gasteiger partial charge in [0.05, 0.1) is 13.1 Å². The van der Waals surface area contributed by atoms with Gasteiger partial charge in [-0.2, -0.15) is 4.98 Å². The predicted molar refractivity (Wildman–Crippen MR) is 80.9 cm³/mol. The van der Waals surface area contributed by atoms with Crippen molar-refractivity contribution < 1.29 is 4.52 Å². The molecular weight excluding hydrogens is 296 g/mol. The van der Waals surface area contributed by atoms with Crippen LogP contribution in [0.5, 0.6) is 0 Å². The van der Waals surface area contributed by atoms with Crippen LogP contribution in [-0.4, -0.2) is 21.6 Å². The number of halogens is 1. The van der Waals surface area contributed by atoms with Crippen LogP contribution in [0.15, 0.2) is 16.7 Å². The topological polar surface area (TPSA) is 68.2 Å². The highest BCUT2D eigenvalue weighted by molar-refractivity contribution is 7.12. The fraction of sp³-hybridized carbons (Fsp3) is 0.538. The van der Waals surface area contributed by atoms with Gasteiger partial charge in [0.1, 0.15) is 0 Å². The summed E-state index contributed by atoms with van der Waals surface area (Å²) in [6.07, 6.45) is 2.44. The summed E-state index contributed by atoms with van der Waals surface area (Å²) in [6.45, 7) is 4.29. The molecule has 110 valence electrons. The summed E-state index contributed by atoms with van der Waals surface area (Å²) in [7, 11) is 0. The van der Waals surface area contributed by atoms with Gasteiger partial charge >= 0.3 is 0 Å². The zero-order valence-electron chi connectivity index (χ0n) is 11.4. The standard InChI is InChI=1S/C13H18N4OS.ClH/c1-9-4-5-11(19-9)10-3-2-6-17(10)8-12-15-13(7-14)18-16-12;/h4-5,10H,2-3,6-8,14H2,1H3;1H. The summed E-state index contributed by atoms with van der Waals surface area (Å²) in [5.41, 5.74) is 5.48. The predicted octanol–water partition coefficient (Wildman–Crippen LogP) is 2.66. The second-order valence-electron chi connectivity index (χ2n) is 4.89. The van der Waals surface area contributed by atoms with Crippen molar-refractivity contribution in [2.45, 2.75) is 38.9 Å². The van der Waals surface area contributed by atoms with Gasteiger partial charge in [-0.3, -0.25) is 4.90 Å². The minimum atomic E-state index is 0. The van der Waals surface area contributed by atoms with E-state index in [4.69, 9.17) is 10.3 Å². The summed E-state index contributed by atoms with van der Waals surface area (Å²) in [6, 6.07) is 4.93. The van der Waals surface area contributed by atoms with Crippen molar-refractivity contribution >= 4 is 23.7 Å². The van der Waals surface area contributed by atoms with E-state index in [2.05, 4.69) is 34.1 Å². The van der Waals surface area contributed by atoms with E-state index >= 15 is 0 Å². The number of aryl methyl sites for hydroxylation is 1. The Balaban J connectivity index is 0.00000147. The summed E-state index contributed by atoms with van der Waals surface area (Å²) >= 11 is 1.88. The Hall–Kier alpha value is -0.950. The van der Waals surface area contributed by atoms with Crippen LogP contribution in [0.1, 0.15) is 40.4 Å². The highest BCUT2D eigenvalue weighted by atomic mass is 35.5. The highest BCUT2D eigenvalue weighted by Crippen LogP contribution is 2.36. The third kappa shape index (κ3) is 3.20. The monoisotopic (exact) mass is 314 g/mol. The van der Waals surface area contributed by atoms with Crippen LogP contribution in [0.3, 0.4) is 0 Å². The van der Waals surface area contributed by atoms with Crippen LogP contribution in [0.4, 0.5) is 0 Å². The van der Waals surface area contributed by atoms with Gasteiger partial charge in [0.15, 0.2) is 5.82 Å². The van der Waals surface area contributed by atoms with Gasteiger partial charge in [-0.05, 0) is 38.4 Å². The number of aromatic nitrogens is 2. The normalized spacial score (nSPS) is 19.2. The molecule has 1 saturated heterocycles. The number of thiophene rings is 1. The Bertz CT molecular complexity index is 556. The lowest BCUT2D eigenvalue weighted by Crippen LogP contribution is -2.22. The molecule has 1 fully saturated rings. The summed E-state index contributed by atoms with van der Waals surface area (Å²) in [5.74, 6) is 1.25. The van der Waals surface area contributed by atoms with E-state index in [1.165, 1.54) is 22.6 Å². The Morgan fingerprint density at radius 3 is 3.00 bits per heavy atom. The molecule has 1 aliphatic heterocycles. The van der Waals surface area contributed by atoms with Crippen molar-refractivity contribution in [3.05, 3.63) is 33.6 Å². The molecule has 7 heteroatoms. The van der Waals surface area contributed by atoms with Crippen LogP contribution in [0, 0.1) is 6.92 Å². The van der Waals surface area contributed by atoms with E-state index in [1.807, 2.05) is 11.3 Å². The third-order valence-electron chi connectivity index (χ3n) is 3.48. The summed E-state index contributed by atoms with van der Waals surface area (Å²) in [4.78, 5) is 9.52. The van der Waals surface area contributed by atoms with E-state index in [0.717, 1.165) is 18.9 Å². The van der Waals surface area contributed by atoms with Gasteiger partial charge in [0.2, 0.25) is 5.89 Å². The van der Waals surface area contributed by atoms with Gasteiger partial charge in [-0.25, -0.2) is 0 Å². The second-order valence-corrected chi connectivity index (χ2v) is 6.20. The SMILES string of the molecule is Cc1ccc(C2CCCN2Cc2noc(CN)n2)s1.Cl. The van der Waals surface area contributed by atoms with Gasteiger partial charge in [0.25, 0.3) is 0 Å². The number of rotatable bonds is 4. The maximum atomic E-state index is 5.48. The first-order chi connectivity index (χ1) is 9.26. The van der Waals surface area contributed by atoms with Gasteiger partial charge in [0, 0.05) is 15.8 Å². The lowest BCUT2D eigenvalue weighted by atomic mass is 10.2. The molecule has 20 heavy (non-hydrogen) atoms. The largest absolute Gasteiger partial charge is 0.338 e. The van der Waals surface area contributed by atoms with Crippen molar-refractivity contribution in [1.29, 1.82) is 0 Å². The molecule has 0 amide bonds. The summed E-state index contributed by atoms with van der Waals surface area (Å²) in [5, 5.41) is 3.98. The number of hydrogen-bond acceptors (Lipinski definition) is 6. The van der Waals surface area contributed by atoms with Crippen LogP contribution in [0.2, 0.25) is 0 Å². The van der Waals surface area contributed by atoms with Crippen molar-refractivity contribution in [3.8, 4) is 0 Å². The van der Waals surface area contributed by atoms with Crippen LogP contribution >= 0.6 is 23.7 Å². The Morgan fingerprint density at radius 2 is 2.35 bits per heavy atom. The highest BCUT2D eigenvalue weighted by Gasteiger charge is 2.28. The molecule has 0 spiro atoms. The quantitative estimate of drug-likeness (QED) is 0.939. The second kappa shape index (κ2) is 6.67. The number of likely N-dealkylation sites (tertiary alicyclic amines) is 1. The molecule has 2 aromatic heterocycles. The fourth-order valence-electron chi connectivity index (χ4n) is 2.59.